The van der Waals surface area contributed by atoms with Crippen LogP contribution in [0, 0.1) is 0 Å². The number of ether oxygens (including phenoxy) is 3. The molecule has 6 rings (SSSR count). The van der Waals surface area contributed by atoms with Gasteiger partial charge in [-0.3, -0.25) is 4.98 Å². The van der Waals surface area contributed by atoms with Gasteiger partial charge in [-0.2, -0.15) is 0 Å². The zero-order valence-corrected chi connectivity index (χ0v) is 22.9. The monoisotopic (exact) mass is 534 g/mol. The van der Waals surface area contributed by atoms with E-state index < -0.39 is 0 Å². The van der Waals surface area contributed by atoms with Crippen LogP contribution in [-0.4, -0.2) is 103 Å². The molecule has 3 aromatic heterocycles. The van der Waals surface area contributed by atoms with Crippen molar-refractivity contribution in [1.82, 2.24) is 24.8 Å². The van der Waals surface area contributed by atoms with Gasteiger partial charge in [0.25, 0.3) is 0 Å². The predicted octanol–water partition coefficient (Wildman–Crippen LogP) is 3.63. The van der Waals surface area contributed by atoms with Gasteiger partial charge in [-0.05, 0) is 44.0 Å². The SMILES string of the molecule is CCCN1CCC(OC)(c2ccc(-c3cc4c(N5CCN(C(=O)OC6COC6)CC5)ccnc4[nH]3)nc2)CC1. The Balaban J connectivity index is 1.15. The van der Waals surface area contributed by atoms with Crippen LogP contribution in [0.4, 0.5) is 10.5 Å². The summed E-state index contributed by atoms with van der Waals surface area (Å²) in [5, 5.41) is 1.05. The number of H-pyrrole nitrogens is 1. The van der Waals surface area contributed by atoms with Gasteiger partial charge in [0.05, 0.1) is 30.2 Å². The molecule has 39 heavy (non-hydrogen) atoms. The molecule has 0 aromatic carbocycles. The third-order valence-electron chi connectivity index (χ3n) is 8.42. The molecule has 3 aromatic rings. The minimum absolute atomic E-state index is 0.102. The summed E-state index contributed by atoms with van der Waals surface area (Å²) in [6.45, 7) is 9.17. The summed E-state index contributed by atoms with van der Waals surface area (Å²) in [6.07, 6.45) is 6.59. The number of carbonyl (C=O) groups is 1. The second-order valence-electron chi connectivity index (χ2n) is 10.8. The number of piperidine rings is 1. The standard InChI is InChI=1S/C29H38N6O4/c1-3-10-33-11-7-29(37-2,8-12-33)21-4-5-24(31-18-21)25-17-23-26(6-9-30-27(23)32-25)34-13-15-35(16-14-34)28(36)39-22-19-38-20-22/h4-6,9,17-18,22H,3,7-8,10-16,19-20H2,1-2H3,(H,30,32). The fraction of sp³-hybridized carbons (Fsp3) is 0.552. The van der Waals surface area contributed by atoms with Crippen molar-refractivity contribution in [3.8, 4) is 11.4 Å². The van der Waals surface area contributed by atoms with Crippen molar-refractivity contribution in [1.29, 1.82) is 0 Å². The number of aromatic nitrogens is 3. The van der Waals surface area contributed by atoms with E-state index in [-0.39, 0.29) is 17.8 Å². The average Bonchev–Trinajstić information content (AvgIpc) is 3.41. The molecule has 10 nitrogen and oxygen atoms in total. The molecule has 6 heterocycles. The van der Waals surface area contributed by atoms with E-state index in [4.69, 9.17) is 19.2 Å². The number of hydrogen-bond donors (Lipinski definition) is 1. The predicted molar refractivity (Wildman–Crippen MR) is 149 cm³/mol. The summed E-state index contributed by atoms with van der Waals surface area (Å²) in [6, 6.07) is 8.42. The van der Waals surface area contributed by atoms with Crippen LogP contribution in [0.5, 0.6) is 0 Å². The zero-order valence-electron chi connectivity index (χ0n) is 22.9. The first-order valence-electron chi connectivity index (χ1n) is 14.1. The van der Waals surface area contributed by atoms with Crippen molar-refractivity contribution in [2.75, 3.05) is 71.0 Å². The highest BCUT2D eigenvalue weighted by Crippen LogP contribution is 2.37. The molecular formula is C29H38N6O4. The van der Waals surface area contributed by atoms with E-state index in [1.807, 2.05) is 25.6 Å². The topological polar surface area (TPSA) is 96.0 Å². The second-order valence-corrected chi connectivity index (χ2v) is 10.8. The van der Waals surface area contributed by atoms with Crippen LogP contribution in [0.25, 0.3) is 22.4 Å². The van der Waals surface area contributed by atoms with E-state index in [1.54, 1.807) is 4.90 Å². The van der Waals surface area contributed by atoms with Crippen LogP contribution in [0.2, 0.25) is 0 Å². The van der Waals surface area contributed by atoms with Crippen molar-refractivity contribution in [3.63, 3.8) is 0 Å². The third kappa shape index (κ3) is 5.20. The lowest BCUT2D eigenvalue weighted by Gasteiger charge is -2.41. The molecule has 1 amide bonds. The quantitative estimate of drug-likeness (QED) is 0.491. The second kappa shape index (κ2) is 11.1. The molecule has 1 N–H and O–H groups in total. The van der Waals surface area contributed by atoms with E-state index in [0.29, 0.717) is 26.3 Å². The molecule has 10 heteroatoms. The smallest absolute Gasteiger partial charge is 0.410 e. The average molecular weight is 535 g/mol. The van der Waals surface area contributed by atoms with Gasteiger partial charge < -0.3 is 33.9 Å². The largest absolute Gasteiger partial charge is 0.441 e. The minimum Gasteiger partial charge on any atom is -0.441 e. The number of likely N-dealkylation sites (tertiary alicyclic amines) is 1. The van der Waals surface area contributed by atoms with Crippen LogP contribution in [0.3, 0.4) is 0 Å². The number of rotatable bonds is 7. The van der Waals surface area contributed by atoms with Gasteiger partial charge in [-0.25, -0.2) is 9.78 Å². The molecule has 0 spiro atoms. The normalized spacial score (nSPS) is 20.3. The van der Waals surface area contributed by atoms with E-state index in [1.165, 1.54) is 6.42 Å². The maximum atomic E-state index is 12.4. The Morgan fingerprint density at radius 1 is 1.10 bits per heavy atom. The van der Waals surface area contributed by atoms with Gasteiger partial charge in [-0.15, -0.1) is 0 Å². The number of amides is 1. The summed E-state index contributed by atoms with van der Waals surface area (Å²) in [4.78, 5) is 31.9. The van der Waals surface area contributed by atoms with E-state index >= 15 is 0 Å². The molecule has 3 fully saturated rings. The van der Waals surface area contributed by atoms with Gasteiger partial charge in [0.15, 0.2) is 6.10 Å². The molecular weight excluding hydrogens is 496 g/mol. The molecule has 0 unspecified atom stereocenters. The lowest BCUT2D eigenvalue weighted by atomic mass is 9.84. The van der Waals surface area contributed by atoms with Gasteiger partial charge >= 0.3 is 6.09 Å². The van der Waals surface area contributed by atoms with Gasteiger partial charge in [0.2, 0.25) is 0 Å². The first kappa shape index (κ1) is 26.0. The molecule has 3 saturated heterocycles. The van der Waals surface area contributed by atoms with Crippen LogP contribution in [0.15, 0.2) is 36.7 Å². The van der Waals surface area contributed by atoms with Crippen molar-refractivity contribution in [2.24, 2.45) is 0 Å². The Morgan fingerprint density at radius 2 is 1.90 bits per heavy atom. The van der Waals surface area contributed by atoms with Crippen molar-refractivity contribution < 1.29 is 19.0 Å². The Hall–Kier alpha value is -3.21. The molecule has 0 bridgehead atoms. The Labute approximate surface area is 229 Å². The number of fused-ring (bicyclic) bond motifs is 1. The van der Waals surface area contributed by atoms with Gasteiger partial charge in [0.1, 0.15) is 5.65 Å². The fourth-order valence-electron chi connectivity index (χ4n) is 5.94. The highest BCUT2D eigenvalue weighted by molar-refractivity contribution is 5.93. The Bertz CT molecular complexity index is 1270. The molecule has 3 aliphatic heterocycles. The van der Waals surface area contributed by atoms with Crippen molar-refractivity contribution in [3.05, 3.63) is 42.2 Å². The first-order valence-corrected chi connectivity index (χ1v) is 14.1. The molecule has 208 valence electrons. The summed E-state index contributed by atoms with van der Waals surface area (Å²) < 4.78 is 16.7. The Morgan fingerprint density at radius 3 is 2.54 bits per heavy atom. The highest BCUT2D eigenvalue weighted by Gasteiger charge is 2.36. The minimum atomic E-state index is -0.273. The molecule has 0 aliphatic carbocycles. The van der Waals surface area contributed by atoms with Crippen LogP contribution in [-0.2, 0) is 19.8 Å². The van der Waals surface area contributed by atoms with E-state index in [2.05, 4.69) is 44.9 Å². The summed E-state index contributed by atoms with van der Waals surface area (Å²) in [5.41, 5.74) is 4.62. The fourth-order valence-corrected chi connectivity index (χ4v) is 5.94. The number of pyridine rings is 2. The molecule has 0 saturated carbocycles. The van der Waals surface area contributed by atoms with Gasteiger partial charge in [-0.1, -0.05) is 13.0 Å². The lowest BCUT2D eigenvalue weighted by molar-refractivity contribution is -0.104. The number of carbonyl (C=O) groups excluding carboxylic acids is 1. The maximum Gasteiger partial charge on any atom is 0.410 e. The van der Waals surface area contributed by atoms with Crippen LogP contribution < -0.4 is 4.90 Å². The number of nitrogens with one attached hydrogen (secondary N) is 1. The van der Waals surface area contributed by atoms with E-state index in [9.17, 15) is 4.79 Å². The summed E-state index contributed by atoms with van der Waals surface area (Å²) in [7, 11) is 1.82. The number of piperazine rings is 1. The van der Waals surface area contributed by atoms with Crippen molar-refractivity contribution in [2.45, 2.75) is 37.9 Å². The van der Waals surface area contributed by atoms with Crippen LogP contribution >= 0.6 is 0 Å². The molecule has 0 atom stereocenters. The zero-order chi connectivity index (χ0) is 26.8. The summed E-state index contributed by atoms with van der Waals surface area (Å²) in [5.74, 6) is 0. The molecule has 0 radical (unpaired) electrons. The maximum absolute atomic E-state index is 12.4. The number of aromatic amines is 1. The van der Waals surface area contributed by atoms with E-state index in [0.717, 1.165) is 79.2 Å². The molecule has 3 aliphatic rings. The van der Waals surface area contributed by atoms with Gasteiger partial charge in [0, 0.05) is 75.4 Å². The lowest BCUT2D eigenvalue weighted by Crippen LogP contribution is -2.51. The summed E-state index contributed by atoms with van der Waals surface area (Å²) >= 11 is 0. The highest BCUT2D eigenvalue weighted by atomic mass is 16.6. The van der Waals surface area contributed by atoms with Crippen LogP contribution in [0.1, 0.15) is 31.7 Å². The Kier molecular flexibility index (Phi) is 7.42. The first-order chi connectivity index (χ1) is 19.1. The number of hydrogen-bond acceptors (Lipinski definition) is 8. The number of methoxy groups -OCH3 is 1. The van der Waals surface area contributed by atoms with Crippen molar-refractivity contribution >= 4 is 22.8 Å². The number of anilines is 1. The number of nitrogens with zero attached hydrogens (tertiary/aromatic N) is 5. The third-order valence-corrected chi connectivity index (χ3v) is 8.42.